The number of fused-ring (bicyclic) bond motifs is 1. The number of nitrogens with zero attached hydrogens (tertiary/aromatic N) is 2. The second-order valence-corrected chi connectivity index (χ2v) is 8.20. The van der Waals surface area contributed by atoms with Crippen molar-refractivity contribution < 1.29 is 5.11 Å². The molecule has 29 heavy (non-hydrogen) atoms. The normalized spacial score (nSPS) is 11.6. The highest BCUT2D eigenvalue weighted by Gasteiger charge is 2.20. The standard InChI is InChI=1S/C25H35N3O/c1-6-9-20(10-7-2)21-11-8-12-22-24(21)28(13-14-29)25(26-22)27-23-18(4)15-17(3)16-19(23)5/h8,11-12,15-16,20,29H,6-7,9-10,13-14H2,1-5H3,(H,26,27). The van der Waals surface area contributed by atoms with Gasteiger partial charge in [-0.15, -0.1) is 0 Å². The van der Waals surface area contributed by atoms with Crippen LogP contribution in [0.2, 0.25) is 0 Å². The molecule has 0 aliphatic carbocycles. The van der Waals surface area contributed by atoms with Crippen molar-refractivity contribution in [3.05, 3.63) is 52.6 Å². The topological polar surface area (TPSA) is 50.1 Å². The van der Waals surface area contributed by atoms with Crippen LogP contribution in [0.25, 0.3) is 11.0 Å². The number of anilines is 2. The van der Waals surface area contributed by atoms with Crippen LogP contribution in [0, 0.1) is 20.8 Å². The molecule has 0 fully saturated rings. The maximum atomic E-state index is 9.79. The number of nitrogens with one attached hydrogen (secondary N) is 1. The van der Waals surface area contributed by atoms with Crippen LogP contribution in [0.5, 0.6) is 0 Å². The first kappa shape index (κ1) is 21.4. The van der Waals surface area contributed by atoms with Gasteiger partial charge < -0.3 is 15.0 Å². The molecule has 4 heteroatoms. The first-order valence-electron chi connectivity index (χ1n) is 10.9. The van der Waals surface area contributed by atoms with Gasteiger partial charge >= 0.3 is 0 Å². The lowest BCUT2D eigenvalue weighted by atomic mass is 9.89. The van der Waals surface area contributed by atoms with Crippen molar-refractivity contribution in [3.63, 3.8) is 0 Å². The Morgan fingerprint density at radius 3 is 2.28 bits per heavy atom. The molecule has 0 spiro atoms. The molecule has 0 aliphatic heterocycles. The van der Waals surface area contributed by atoms with Gasteiger partial charge in [-0.1, -0.05) is 56.5 Å². The van der Waals surface area contributed by atoms with Gasteiger partial charge in [-0.2, -0.15) is 0 Å². The van der Waals surface area contributed by atoms with Crippen molar-refractivity contribution in [1.29, 1.82) is 0 Å². The monoisotopic (exact) mass is 393 g/mol. The number of benzene rings is 2. The largest absolute Gasteiger partial charge is 0.395 e. The Morgan fingerprint density at radius 2 is 1.69 bits per heavy atom. The Bertz CT molecular complexity index is 945. The summed E-state index contributed by atoms with van der Waals surface area (Å²) < 4.78 is 2.17. The molecule has 1 aromatic heterocycles. The molecule has 3 aromatic rings. The van der Waals surface area contributed by atoms with Gasteiger partial charge in [-0.25, -0.2) is 4.98 Å². The highest BCUT2D eigenvalue weighted by Crippen LogP contribution is 2.35. The molecule has 0 radical (unpaired) electrons. The molecular weight excluding hydrogens is 358 g/mol. The lowest BCUT2D eigenvalue weighted by Crippen LogP contribution is -2.10. The van der Waals surface area contributed by atoms with E-state index in [9.17, 15) is 5.11 Å². The minimum atomic E-state index is 0.0898. The fourth-order valence-corrected chi connectivity index (χ4v) is 4.60. The molecule has 3 rings (SSSR count). The summed E-state index contributed by atoms with van der Waals surface area (Å²) in [5.41, 5.74) is 8.30. The lowest BCUT2D eigenvalue weighted by molar-refractivity contribution is 0.278. The van der Waals surface area contributed by atoms with Gasteiger partial charge in [-0.05, 0) is 62.3 Å². The van der Waals surface area contributed by atoms with Crippen LogP contribution in [-0.2, 0) is 6.54 Å². The van der Waals surface area contributed by atoms with E-state index in [4.69, 9.17) is 4.98 Å². The average molecular weight is 394 g/mol. The van der Waals surface area contributed by atoms with Crippen LogP contribution in [-0.4, -0.2) is 21.3 Å². The van der Waals surface area contributed by atoms with Gasteiger partial charge in [0.15, 0.2) is 0 Å². The zero-order chi connectivity index (χ0) is 21.0. The highest BCUT2D eigenvalue weighted by molar-refractivity contribution is 5.84. The third-order valence-electron chi connectivity index (χ3n) is 5.75. The van der Waals surface area contributed by atoms with Crippen LogP contribution in [0.3, 0.4) is 0 Å². The number of imidazole rings is 1. The molecule has 0 saturated carbocycles. The molecule has 0 amide bonds. The lowest BCUT2D eigenvalue weighted by Gasteiger charge is -2.19. The van der Waals surface area contributed by atoms with E-state index in [1.807, 2.05) is 0 Å². The summed E-state index contributed by atoms with van der Waals surface area (Å²) in [6.45, 7) is 11.5. The number of hydrogen-bond acceptors (Lipinski definition) is 3. The van der Waals surface area contributed by atoms with Gasteiger partial charge in [0.1, 0.15) is 0 Å². The van der Waals surface area contributed by atoms with Gasteiger partial charge in [0.2, 0.25) is 5.95 Å². The SMILES string of the molecule is CCCC(CCC)c1cccc2nc(Nc3c(C)cc(C)cc3C)n(CCO)c12. The Hall–Kier alpha value is -2.33. The van der Waals surface area contributed by atoms with Gasteiger partial charge in [0.25, 0.3) is 0 Å². The Balaban J connectivity index is 2.14. The maximum Gasteiger partial charge on any atom is 0.208 e. The van der Waals surface area contributed by atoms with Crippen molar-refractivity contribution >= 4 is 22.7 Å². The third-order valence-corrected chi connectivity index (χ3v) is 5.75. The Labute approximate surface area is 175 Å². The first-order valence-corrected chi connectivity index (χ1v) is 10.9. The highest BCUT2D eigenvalue weighted by atomic mass is 16.3. The summed E-state index contributed by atoms with van der Waals surface area (Å²) >= 11 is 0. The zero-order valence-corrected chi connectivity index (χ0v) is 18.5. The number of aliphatic hydroxyl groups is 1. The smallest absolute Gasteiger partial charge is 0.208 e. The molecule has 0 unspecified atom stereocenters. The molecule has 4 nitrogen and oxygen atoms in total. The molecular formula is C25H35N3O. The number of rotatable bonds is 9. The quantitative estimate of drug-likeness (QED) is 0.443. The fraction of sp³-hybridized carbons (Fsp3) is 0.480. The van der Waals surface area contributed by atoms with Crippen molar-refractivity contribution in [2.45, 2.75) is 72.8 Å². The fourth-order valence-electron chi connectivity index (χ4n) is 4.60. The summed E-state index contributed by atoms with van der Waals surface area (Å²) in [5.74, 6) is 1.34. The Morgan fingerprint density at radius 1 is 1.03 bits per heavy atom. The number of aliphatic hydroxyl groups excluding tert-OH is 1. The van der Waals surface area contributed by atoms with E-state index in [0.29, 0.717) is 12.5 Å². The first-order chi connectivity index (χ1) is 14.0. The molecule has 0 saturated heterocycles. The number of aryl methyl sites for hydroxylation is 3. The van der Waals surface area contributed by atoms with Gasteiger partial charge in [0, 0.05) is 12.2 Å². The number of aromatic nitrogens is 2. The Kier molecular flexibility index (Phi) is 6.96. The van der Waals surface area contributed by atoms with Gasteiger partial charge in [0.05, 0.1) is 17.6 Å². The van der Waals surface area contributed by atoms with Crippen LogP contribution >= 0.6 is 0 Å². The molecule has 156 valence electrons. The summed E-state index contributed by atoms with van der Waals surface area (Å²) in [5, 5.41) is 13.4. The predicted molar refractivity (Wildman–Crippen MR) is 123 cm³/mol. The van der Waals surface area contributed by atoms with E-state index in [2.05, 4.69) is 74.8 Å². The van der Waals surface area contributed by atoms with Crippen LogP contribution in [0.1, 0.15) is 67.7 Å². The molecule has 0 aliphatic rings. The van der Waals surface area contributed by atoms with Crippen LogP contribution in [0.15, 0.2) is 30.3 Å². The molecule has 0 atom stereocenters. The second kappa shape index (κ2) is 9.45. The summed E-state index contributed by atoms with van der Waals surface area (Å²) in [6.07, 6.45) is 4.69. The van der Waals surface area contributed by atoms with E-state index in [1.54, 1.807) is 0 Å². The zero-order valence-electron chi connectivity index (χ0n) is 18.5. The van der Waals surface area contributed by atoms with Crippen LogP contribution in [0.4, 0.5) is 11.6 Å². The number of hydrogen-bond donors (Lipinski definition) is 2. The van der Waals surface area contributed by atoms with E-state index in [-0.39, 0.29) is 6.61 Å². The molecule has 2 aromatic carbocycles. The van der Waals surface area contributed by atoms with Crippen molar-refractivity contribution in [2.24, 2.45) is 0 Å². The second-order valence-electron chi connectivity index (χ2n) is 8.20. The van der Waals surface area contributed by atoms with Gasteiger partial charge in [-0.3, -0.25) is 0 Å². The van der Waals surface area contributed by atoms with E-state index in [0.717, 1.165) is 17.2 Å². The minimum Gasteiger partial charge on any atom is -0.395 e. The van der Waals surface area contributed by atoms with Crippen molar-refractivity contribution in [2.75, 3.05) is 11.9 Å². The molecule has 2 N–H and O–H groups in total. The van der Waals surface area contributed by atoms with Crippen molar-refractivity contribution in [1.82, 2.24) is 9.55 Å². The summed E-state index contributed by atoms with van der Waals surface area (Å²) in [7, 11) is 0. The third kappa shape index (κ3) is 4.48. The van der Waals surface area contributed by atoms with E-state index in [1.165, 1.54) is 53.5 Å². The molecule has 1 heterocycles. The predicted octanol–water partition coefficient (Wildman–Crippen LogP) is 6.38. The summed E-state index contributed by atoms with van der Waals surface area (Å²) in [4.78, 5) is 4.94. The van der Waals surface area contributed by atoms with Crippen molar-refractivity contribution in [3.8, 4) is 0 Å². The summed E-state index contributed by atoms with van der Waals surface area (Å²) in [6, 6.07) is 10.8. The minimum absolute atomic E-state index is 0.0898. The number of para-hydroxylation sites is 1. The van der Waals surface area contributed by atoms with E-state index < -0.39 is 0 Å². The average Bonchev–Trinajstić information content (AvgIpc) is 3.02. The van der Waals surface area contributed by atoms with Crippen LogP contribution < -0.4 is 5.32 Å². The van der Waals surface area contributed by atoms with E-state index >= 15 is 0 Å². The maximum absolute atomic E-state index is 9.79. The molecule has 0 bridgehead atoms.